The van der Waals surface area contributed by atoms with Gasteiger partial charge in [0.15, 0.2) is 0 Å². The number of rotatable bonds is 6. The summed E-state index contributed by atoms with van der Waals surface area (Å²) < 4.78 is 5.41. The third-order valence-electron chi connectivity index (χ3n) is 5.14. The first-order chi connectivity index (χ1) is 10.6. The molecule has 2 fully saturated rings. The van der Waals surface area contributed by atoms with Crippen molar-refractivity contribution in [3.05, 3.63) is 0 Å². The molecule has 0 saturated carbocycles. The first kappa shape index (κ1) is 17.5. The van der Waals surface area contributed by atoms with Crippen molar-refractivity contribution < 1.29 is 9.53 Å². The maximum absolute atomic E-state index is 12.3. The van der Waals surface area contributed by atoms with E-state index in [2.05, 4.69) is 31.2 Å². The lowest BCUT2D eigenvalue weighted by Crippen LogP contribution is -2.49. The minimum atomic E-state index is 0.117. The van der Waals surface area contributed by atoms with Gasteiger partial charge in [0.2, 0.25) is 0 Å². The summed E-state index contributed by atoms with van der Waals surface area (Å²) in [4.78, 5) is 16.6. The second-order valence-electron chi connectivity index (χ2n) is 7.24. The Morgan fingerprint density at radius 3 is 2.64 bits per heavy atom. The van der Waals surface area contributed by atoms with Gasteiger partial charge >= 0.3 is 6.03 Å². The molecule has 2 rings (SSSR count). The molecule has 1 N–H and O–H groups in total. The van der Waals surface area contributed by atoms with Gasteiger partial charge in [-0.05, 0) is 65.6 Å². The summed E-state index contributed by atoms with van der Waals surface area (Å²) in [5.41, 5.74) is 0. The summed E-state index contributed by atoms with van der Waals surface area (Å²) in [6.45, 7) is 6.71. The fourth-order valence-corrected chi connectivity index (χ4v) is 3.47. The Kier molecular flexibility index (Phi) is 6.96. The number of nitrogens with zero attached hydrogens (tertiary/aromatic N) is 2. The fraction of sp³-hybridized carbons (Fsp3) is 0.941. The molecule has 5 nitrogen and oxygen atoms in total. The molecule has 5 heteroatoms. The number of nitrogens with one attached hydrogen (secondary N) is 1. The van der Waals surface area contributed by atoms with Crippen molar-refractivity contribution >= 4 is 6.03 Å². The van der Waals surface area contributed by atoms with Gasteiger partial charge in [0.25, 0.3) is 0 Å². The predicted octanol–water partition coefficient (Wildman–Crippen LogP) is 2.17. The number of piperidine rings is 1. The van der Waals surface area contributed by atoms with Crippen molar-refractivity contribution in [2.45, 2.75) is 45.1 Å². The lowest BCUT2D eigenvalue weighted by Gasteiger charge is -2.33. The highest BCUT2D eigenvalue weighted by Gasteiger charge is 2.27. The van der Waals surface area contributed by atoms with Crippen molar-refractivity contribution in [1.29, 1.82) is 0 Å². The molecule has 0 aromatic carbocycles. The first-order valence-electron chi connectivity index (χ1n) is 8.84. The number of urea groups is 1. The van der Waals surface area contributed by atoms with Gasteiger partial charge in [-0.1, -0.05) is 0 Å². The highest BCUT2D eigenvalue weighted by molar-refractivity contribution is 5.74. The van der Waals surface area contributed by atoms with Gasteiger partial charge in [-0.25, -0.2) is 4.79 Å². The van der Waals surface area contributed by atoms with Crippen LogP contribution in [-0.4, -0.2) is 68.8 Å². The van der Waals surface area contributed by atoms with Crippen molar-refractivity contribution in [1.82, 2.24) is 15.1 Å². The summed E-state index contributed by atoms with van der Waals surface area (Å²) in [6.07, 6.45) is 5.94. The Bertz CT molecular complexity index is 335. The maximum atomic E-state index is 12.3. The minimum Gasteiger partial charge on any atom is -0.381 e. The quantitative estimate of drug-likeness (QED) is 0.818. The number of ether oxygens (including phenoxy) is 1. The SMILES string of the molecule is C[C@@H](NC(=O)N1CCC(CCCN(C)C)CC1)[C@@H]1CCOC1. The van der Waals surface area contributed by atoms with Gasteiger partial charge in [0, 0.05) is 31.7 Å². The van der Waals surface area contributed by atoms with Gasteiger partial charge in [-0.2, -0.15) is 0 Å². The molecule has 2 saturated heterocycles. The van der Waals surface area contributed by atoms with Crippen LogP contribution in [0.25, 0.3) is 0 Å². The van der Waals surface area contributed by atoms with E-state index in [9.17, 15) is 4.79 Å². The topological polar surface area (TPSA) is 44.8 Å². The summed E-state index contributed by atoms with van der Waals surface area (Å²) in [5, 5.41) is 3.16. The lowest BCUT2D eigenvalue weighted by molar-refractivity contribution is 0.155. The molecular weight excluding hydrogens is 278 g/mol. The van der Waals surface area contributed by atoms with Crippen LogP contribution in [0.1, 0.15) is 39.0 Å². The van der Waals surface area contributed by atoms with Crippen LogP contribution in [0.4, 0.5) is 4.79 Å². The van der Waals surface area contributed by atoms with Crippen LogP contribution in [0, 0.1) is 11.8 Å². The number of amides is 2. The van der Waals surface area contributed by atoms with Crippen LogP contribution in [0.5, 0.6) is 0 Å². The van der Waals surface area contributed by atoms with E-state index in [4.69, 9.17) is 4.74 Å². The third kappa shape index (κ3) is 5.43. The highest BCUT2D eigenvalue weighted by atomic mass is 16.5. The molecular formula is C17H33N3O2. The van der Waals surface area contributed by atoms with Crippen LogP contribution in [0.2, 0.25) is 0 Å². The molecule has 2 amide bonds. The van der Waals surface area contributed by atoms with Crippen molar-refractivity contribution in [3.63, 3.8) is 0 Å². The standard InChI is InChI=1S/C17H33N3O2/c1-14(16-8-12-22-13-16)18-17(21)20-10-6-15(7-11-20)5-4-9-19(2)3/h14-16H,4-13H2,1-3H3,(H,18,21)/t14-,16-/m1/s1. The molecule has 0 unspecified atom stereocenters. The Labute approximate surface area is 135 Å². The predicted molar refractivity (Wildman–Crippen MR) is 89.0 cm³/mol. The number of carbonyl (C=O) groups excluding carboxylic acids is 1. The Balaban J connectivity index is 1.64. The smallest absolute Gasteiger partial charge is 0.317 e. The molecule has 2 atom stereocenters. The van der Waals surface area contributed by atoms with E-state index in [1.54, 1.807) is 0 Å². The molecule has 2 aliphatic rings. The average molecular weight is 311 g/mol. The van der Waals surface area contributed by atoms with E-state index in [1.807, 2.05) is 4.90 Å². The molecule has 0 aromatic rings. The molecule has 2 aliphatic heterocycles. The number of likely N-dealkylation sites (tertiary alicyclic amines) is 1. The van der Waals surface area contributed by atoms with Crippen LogP contribution in [-0.2, 0) is 4.74 Å². The maximum Gasteiger partial charge on any atom is 0.317 e. The molecule has 0 radical (unpaired) electrons. The van der Waals surface area contributed by atoms with E-state index in [0.29, 0.717) is 5.92 Å². The molecule has 0 aromatic heterocycles. The van der Waals surface area contributed by atoms with Gasteiger partial charge < -0.3 is 19.9 Å². The van der Waals surface area contributed by atoms with Crippen LogP contribution >= 0.6 is 0 Å². The highest BCUT2D eigenvalue weighted by Crippen LogP contribution is 2.22. The lowest BCUT2D eigenvalue weighted by atomic mass is 9.92. The van der Waals surface area contributed by atoms with Gasteiger partial charge in [0.1, 0.15) is 0 Å². The second-order valence-corrected chi connectivity index (χ2v) is 7.24. The van der Waals surface area contributed by atoms with E-state index in [0.717, 1.165) is 51.5 Å². The van der Waals surface area contributed by atoms with Gasteiger partial charge in [-0.15, -0.1) is 0 Å². The molecule has 0 bridgehead atoms. The van der Waals surface area contributed by atoms with E-state index in [-0.39, 0.29) is 12.1 Å². The van der Waals surface area contributed by atoms with E-state index >= 15 is 0 Å². The Morgan fingerprint density at radius 2 is 2.05 bits per heavy atom. The van der Waals surface area contributed by atoms with Crippen LogP contribution in [0.15, 0.2) is 0 Å². The van der Waals surface area contributed by atoms with Crippen molar-refractivity contribution in [3.8, 4) is 0 Å². The third-order valence-corrected chi connectivity index (χ3v) is 5.14. The largest absolute Gasteiger partial charge is 0.381 e. The molecule has 0 aliphatic carbocycles. The zero-order valence-corrected chi connectivity index (χ0v) is 14.5. The zero-order chi connectivity index (χ0) is 15.9. The Hall–Kier alpha value is -0.810. The molecule has 0 spiro atoms. The number of carbonyl (C=O) groups is 1. The Morgan fingerprint density at radius 1 is 1.32 bits per heavy atom. The van der Waals surface area contributed by atoms with Crippen LogP contribution in [0.3, 0.4) is 0 Å². The summed E-state index contributed by atoms with van der Waals surface area (Å²) >= 11 is 0. The van der Waals surface area contributed by atoms with Gasteiger partial charge in [0.05, 0.1) is 6.61 Å². The molecule has 22 heavy (non-hydrogen) atoms. The van der Waals surface area contributed by atoms with Crippen molar-refractivity contribution in [2.24, 2.45) is 11.8 Å². The molecule has 128 valence electrons. The first-order valence-corrected chi connectivity index (χ1v) is 8.84. The van der Waals surface area contributed by atoms with Crippen molar-refractivity contribution in [2.75, 3.05) is 46.9 Å². The summed E-state index contributed by atoms with van der Waals surface area (Å²) in [5.74, 6) is 1.28. The van der Waals surface area contributed by atoms with Crippen LogP contribution < -0.4 is 5.32 Å². The zero-order valence-electron chi connectivity index (χ0n) is 14.5. The second kappa shape index (κ2) is 8.73. The minimum absolute atomic E-state index is 0.117. The fourth-order valence-electron chi connectivity index (χ4n) is 3.47. The average Bonchev–Trinajstić information content (AvgIpc) is 3.02. The number of hydrogen-bond acceptors (Lipinski definition) is 3. The summed E-state index contributed by atoms with van der Waals surface area (Å²) in [6, 6.07) is 0.332. The van der Waals surface area contributed by atoms with E-state index < -0.39 is 0 Å². The summed E-state index contributed by atoms with van der Waals surface area (Å²) in [7, 11) is 4.26. The van der Waals surface area contributed by atoms with E-state index in [1.165, 1.54) is 19.4 Å². The monoisotopic (exact) mass is 311 g/mol. The normalized spacial score (nSPS) is 24.7. The molecule has 2 heterocycles. The number of hydrogen-bond donors (Lipinski definition) is 1. The van der Waals surface area contributed by atoms with Gasteiger partial charge in [-0.3, -0.25) is 0 Å².